The smallest absolute Gasteiger partial charge is 0.173 e. The van der Waals surface area contributed by atoms with Gasteiger partial charge in [0.1, 0.15) is 11.6 Å². The van der Waals surface area contributed by atoms with Crippen molar-refractivity contribution >= 4 is 0 Å². The first-order chi connectivity index (χ1) is 13.6. The molecule has 0 amide bonds. The van der Waals surface area contributed by atoms with Gasteiger partial charge in [-0.1, -0.05) is 24.3 Å². The highest BCUT2D eigenvalue weighted by molar-refractivity contribution is 5.26. The second kappa shape index (κ2) is 8.12. The van der Waals surface area contributed by atoms with Gasteiger partial charge in [0.05, 0.1) is 12.6 Å². The summed E-state index contributed by atoms with van der Waals surface area (Å²) in [4.78, 5) is 4.60. The van der Waals surface area contributed by atoms with E-state index in [4.69, 9.17) is 0 Å². The van der Waals surface area contributed by atoms with E-state index in [1.807, 2.05) is 0 Å². The molecular formula is C20H22F2N6. The van der Waals surface area contributed by atoms with Crippen molar-refractivity contribution in [3.8, 4) is 0 Å². The number of aromatic nitrogens is 4. The maximum Gasteiger partial charge on any atom is 0.173 e. The lowest BCUT2D eigenvalue weighted by atomic mass is 10.0. The molecule has 0 spiro atoms. The highest BCUT2D eigenvalue weighted by atomic mass is 19.1. The Morgan fingerprint density at radius 2 is 1.50 bits per heavy atom. The van der Waals surface area contributed by atoms with Crippen molar-refractivity contribution in [2.45, 2.75) is 12.6 Å². The van der Waals surface area contributed by atoms with Gasteiger partial charge in [-0.2, -0.15) is 0 Å². The quantitative estimate of drug-likeness (QED) is 0.676. The molecule has 146 valence electrons. The van der Waals surface area contributed by atoms with Crippen LogP contribution in [0.15, 0.2) is 48.5 Å². The van der Waals surface area contributed by atoms with Gasteiger partial charge in [-0.3, -0.25) is 4.90 Å². The van der Waals surface area contributed by atoms with Gasteiger partial charge in [-0.25, -0.2) is 13.5 Å². The summed E-state index contributed by atoms with van der Waals surface area (Å²) in [7, 11) is 2.10. The molecule has 1 aliphatic heterocycles. The van der Waals surface area contributed by atoms with Crippen LogP contribution < -0.4 is 0 Å². The average molecular weight is 384 g/mol. The van der Waals surface area contributed by atoms with E-state index in [-0.39, 0.29) is 17.7 Å². The van der Waals surface area contributed by atoms with Crippen LogP contribution in [0.5, 0.6) is 0 Å². The van der Waals surface area contributed by atoms with E-state index in [9.17, 15) is 8.78 Å². The van der Waals surface area contributed by atoms with Crippen LogP contribution in [0.3, 0.4) is 0 Å². The summed E-state index contributed by atoms with van der Waals surface area (Å²) < 4.78 is 28.4. The number of piperazine rings is 1. The minimum Gasteiger partial charge on any atom is -0.304 e. The zero-order chi connectivity index (χ0) is 19.5. The SMILES string of the molecule is CN1CCN([C@@H](c2ccc(F)cc2)c2nnnn2Cc2ccc(F)cc2)CC1. The number of nitrogens with zero attached hydrogens (tertiary/aromatic N) is 6. The number of tetrazole rings is 1. The molecule has 2 aromatic carbocycles. The summed E-state index contributed by atoms with van der Waals surface area (Å²) in [5, 5.41) is 12.3. The highest BCUT2D eigenvalue weighted by Gasteiger charge is 2.30. The van der Waals surface area contributed by atoms with E-state index in [2.05, 4.69) is 32.4 Å². The van der Waals surface area contributed by atoms with E-state index in [0.717, 1.165) is 37.3 Å². The zero-order valence-electron chi connectivity index (χ0n) is 15.7. The van der Waals surface area contributed by atoms with Gasteiger partial charge in [0, 0.05) is 26.2 Å². The predicted molar refractivity (Wildman–Crippen MR) is 101 cm³/mol. The molecule has 0 saturated carbocycles. The molecule has 1 fully saturated rings. The molecule has 4 rings (SSSR count). The van der Waals surface area contributed by atoms with E-state index < -0.39 is 0 Å². The van der Waals surface area contributed by atoms with Crippen molar-refractivity contribution in [2.75, 3.05) is 33.2 Å². The standard InChI is InChI=1S/C20H22F2N6/c1-26-10-12-27(13-11-26)19(16-4-8-18(22)9-5-16)20-23-24-25-28(20)14-15-2-6-17(21)7-3-15/h2-9,19H,10-14H2,1H3/t19-/m0/s1. The minimum absolute atomic E-state index is 0.176. The fraction of sp³-hybridized carbons (Fsp3) is 0.350. The van der Waals surface area contributed by atoms with Gasteiger partial charge in [-0.05, 0) is 52.9 Å². The fourth-order valence-electron chi connectivity index (χ4n) is 3.53. The van der Waals surface area contributed by atoms with E-state index in [1.165, 1.54) is 24.3 Å². The molecule has 6 nitrogen and oxygen atoms in total. The Hall–Kier alpha value is -2.71. The lowest BCUT2D eigenvalue weighted by Crippen LogP contribution is -2.46. The number of halogens is 2. The Kier molecular flexibility index (Phi) is 5.40. The lowest BCUT2D eigenvalue weighted by Gasteiger charge is -2.37. The van der Waals surface area contributed by atoms with E-state index in [0.29, 0.717) is 12.4 Å². The molecule has 0 unspecified atom stereocenters. The molecule has 3 aromatic rings. The Bertz CT molecular complexity index is 901. The highest BCUT2D eigenvalue weighted by Crippen LogP contribution is 2.28. The van der Waals surface area contributed by atoms with Crippen LogP contribution in [0.4, 0.5) is 8.78 Å². The Morgan fingerprint density at radius 3 is 2.14 bits per heavy atom. The average Bonchev–Trinajstić information content (AvgIpc) is 3.14. The maximum atomic E-state index is 13.5. The summed E-state index contributed by atoms with van der Waals surface area (Å²) in [6, 6.07) is 12.6. The molecule has 0 N–H and O–H groups in total. The summed E-state index contributed by atoms with van der Waals surface area (Å²) in [5.74, 6) is 0.148. The van der Waals surface area contributed by atoms with Gasteiger partial charge >= 0.3 is 0 Å². The topological polar surface area (TPSA) is 50.1 Å². The van der Waals surface area contributed by atoms with Crippen LogP contribution in [0.1, 0.15) is 23.0 Å². The first kappa shape index (κ1) is 18.6. The molecule has 28 heavy (non-hydrogen) atoms. The number of likely N-dealkylation sites (N-methyl/N-ethyl adjacent to an activating group) is 1. The molecule has 1 aromatic heterocycles. The van der Waals surface area contributed by atoms with E-state index >= 15 is 0 Å². The summed E-state index contributed by atoms with van der Waals surface area (Å²) in [6.45, 7) is 4.05. The second-order valence-electron chi connectivity index (χ2n) is 7.11. The number of hydrogen-bond donors (Lipinski definition) is 0. The van der Waals surface area contributed by atoms with Crippen LogP contribution in [0.25, 0.3) is 0 Å². The van der Waals surface area contributed by atoms with Crippen LogP contribution in [-0.4, -0.2) is 63.2 Å². The van der Waals surface area contributed by atoms with Crippen LogP contribution in [0.2, 0.25) is 0 Å². The predicted octanol–water partition coefficient (Wildman–Crippen LogP) is 2.34. The molecular weight excluding hydrogens is 362 g/mol. The van der Waals surface area contributed by atoms with Gasteiger partial charge in [0.15, 0.2) is 5.82 Å². The van der Waals surface area contributed by atoms with Crippen LogP contribution in [0, 0.1) is 11.6 Å². The Morgan fingerprint density at radius 1 is 0.893 bits per heavy atom. The van der Waals surface area contributed by atoms with Crippen LogP contribution >= 0.6 is 0 Å². The second-order valence-corrected chi connectivity index (χ2v) is 7.11. The minimum atomic E-state index is -0.276. The molecule has 1 saturated heterocycles. The van der Waals surface area contributed by atoms with Crippen LogP contribution in [-0.2, 0) is 6.54 Å². The summed E-state index contributed by atoms with van der Waals surface area (Å²) >= 11 is 0. The zero-order valence-corrected chi connectivity index (χ0v) is 15.7. The van der Waals surface area contributed by atoms with Gasteiger partial charge in [0.2, 0.25) is 0 Å². The molecule has 1 aliphatic rings. The molecule has 0 aliphatic carbocycles. The van der Waals surface area contributed by atoms with Crippen molar-refractivity contribution in [1.82, 2.24) is 30.0 Å². The van der Waals surface area contributed by atoms with Crippen molar-refractivity contribution < 1.29 is 8.78 Å². The lowest BCUT2D eigenvalue weighted by molar-refractivity contribution is 0.121. The monoisotopic (exact) mass is 384 g/mol. The summed E-state index contributed by atoms with van der Waals surface area (Å²) in [5.41, 5.74) is 1.85. The third kappa shape index (κ3) is 4.07. The fourth-order valence-corrected chi connectivity index (χ4v) is 3.53. The number of hydrogen-bond acceptors (Lipinski definition) is 5. The van der Waals surface area contributed by atoms with Gasteiger partial charge < -0.3 is 4.90 Å². The molecule has 2 heterocycles. The number of rotatable bonds is 5. The Balaban J connectivity index is 1.67. The molecule has 0 radical (unpaired) electrons. The normalized spacial score (nSPS) is 17.0. The van der Waals surface area contributed by atoms with Gasteiger partial charge in [-0.15, -0.1) is 5.10 Å². The van der Waals surface area contributed by atoms with Crippen molar-refractivity contribution in [3.63, 3.8) is 0 Å². The first-order valence-electron chi connectivity index (χ1n) is 9.29. The van der Waals surface area contributed by atoms with Crippen molar-refractivity contribution in [1.29, 1.82) is 0 Å². The largest absolute Gasteiger partial charge is 0.304 e. The van der Waals surface area contributed by atoms with E-state index in [1.54, 1.807) is 28.9 Å². The maximum absolute atomic E-state index is 13.5. The third-order valence-corrected chi connectivity index (χ3v) is 5.14. The van der Waals surface area contributed by atoms with Crippen molar-refractivity contribution in [2.24, 2.45) is 0 Å². The summed E-state index contributed by atoms with van der Waals surface area (Å²) in [6.07, 6.45) is 0. The van der Waals surface area contributed by atoms with Gasteiger partial charge in [0.25, 0.3) is 0 Å². The third-order valence-electron chi connectivity index (χ3n) is 5.14. The van der Waals surface area contributed by atoms with Crippen molar-refractivity contribution in [3.05, 3.63) is 77.1 Å². The Labute approximate surface area is 162 Å². The molecule has 1 atom stereocenters. The molecule has 0 bridgehead atoms. The first-order valence-corrected chi connectivity index (χ1v) is 9.29. The number of benzene rings is 2. The molecule has 8 heteroatoms.